The molecule has 0 aliphatic rings. The van der Waals surface area contributed by atoms with Crippen LogP contribution in [-0.4, -0.2) is 27.1 Å². The van der Waals surface area contributed by atoms with E-state index in [4.69, 9.17) is 11.6 Å². The monoisotopic (exact) mass is 394 g/mol. The largest absolute Gasteiger partial charge is 0.326 e. The fourth-order valence-corrected chi connectivity index (χ4v) is 3.91. The van der Waals surface area contributed by atoms with Gasteiger partial charge in [0.1, 0.15) is 0 Å². The van der Waals surface area contributed by atoms with Crippen molar-refractivity contribution in [3.05, 3.63) is 58.6 Å². The van der Waals surface area contributed by atoms with Crippen molar-refractivity contribution in [3.63, 3.8) is 0 Å². The zero-order valence-electron chi connectivity index (χ0n) is 15.1. The molecule has 0 radical (unpaired) electrons. The standard InChI is InChI=1S/C19H23ClN2O3S/c1-14-10-15(2)12-17(11-14)21-19(23)8-5-9-22(26(3,24)25)18-7-4-6-16(20)13-18/h4,6-7,10-13H,5,8-9H2,1-3H3,(H,21,23). The van der Waals surface area contributed by atoms with Crippen LogP contribution in [0.25, 0.3) is 0 Å². The molecule has 0 fully saturated rings. The van der Waals surface area contributed by atoms with Gasteiger partial charge in [-0.1, -0.05) is 23.7 Å². The Bertz CT molecular complexity index is 877. The van der Waals surface area contributed by atoms with Crippen molar-refractivity contribution in [2.24, 2.45) is 0 Å². The number of nitrogens with one attached hydrogen (secondary N) is 1. The number of halogens is 1. The molecule has 7 heteroatoms. The molecule has 0 spiro atoms. The minimum atomic E-state index is -3.46. The maximum absolute atomic E-state index is 12.2. The summed E-state index contributed by atoms with van der Waals surface area (Å²) in [5.41, 5.74) is 3.39. The highest BCUT2D eigenvalue weighted by atomic mass is 35.5. The average molecular weight is 395 g/mol. The fourth-order valence-electron chi connectivity index (χ4n) is 2.77. The van der Waals surface area contributed by atoms with Crippen LogP contribution in [0.3, 0.4) is 0 Å². The molecule has 0 heterocycles. The van der Waals surface area contributed by atoms with Gasteiger partial charge in [-0.15, -0.1) is 0 Å². The molecule has 0 unspecified atom stereocenters. The number of carbonyl (C=O) groups is 1. The number of sulfonamides is 1. The number of nitrogens with zero attached hydrogens (tertiary/aromatic N) is 1. The van der Waals surface area contributed by atoms with Gasteiger partial charge in [-0.2, -0.15) is 0 Å². The highest BCUT2D eigenvalue weighted by molar-refractivity contribution is 7.92. The van der Waals surface area contributed by atoms with E-state index in [1.165, 1.54) is 4.31 Å². The van der Waals surface area contributed by atoms with Crippen LogP contribution in [0, 0.1) is 13.8 Å². The van der Waals surface area contributed by atoms with E-state index in [2.05, 4.69) is 5.32 Å². The van der Waals surface area contributed by atoms with Gasteiger partial charge < -0.3 is 5.32 Å². The molecule has 0 saturated carbocycles. The lowest BCUT2D eigenvalue weighted by Gasteiger charge is -2.22. The lowest BCUT2D eigenvalue weighted by Crippen LogP contribution is -2.31. The van der Waals surface area contributed by atoms with Gasteiger partial charge in [0.25, 0.3) is 0 Å². The number of benzene rings is 2. The van der Waals surface area contributed by atoms with Gasteiger partial charge in [0.05, 0.1) is 11.9 Å². The first kappa shape index (κ1) is 20.3. The van der Waals surface area contributed by atoms with Gasteiger partial charge in [-0.05, 0) is 61.7 Å². The van der Waals surface area contributed by atoms with Gasteiger partial charge in [-0.25, -0.2) is 8.42 Å². The molecule has 26 heavy (non-hydrogen) atoms. The second kappa shape index (κ2) is 8.56. The molecule has 0 aliphatic heterocycles. The zero-order chi connectivity index (χ0) is 19.3. The van der Waals surface area contributed by atoms with Gasteiger partial charge in [0.2, 0.25) is 15.9 Å². The molecular formula is C19H23ClN2O3S. The fraction of sp³-hybridized carbons (Fsp3) is 0.316. The van der Waals surface area contributed by atoms with Gasteiger partial charge in [-0.3, -0.25) is 9.10 Å². The quantitative estimate of drug-likeness (QED) is 0.767. The summed E-state index contributed by atoms with van der Waals surface area (Å²) in [4.78, 5) is 12.2. The Balaban J connectivity index is 1.98. The Morgan fingerprint density at radius 3 is 2.35 bits per heavy atom. The molecule has 2 aromatic carbocycles. The first-order valence-electron chi connectivity index (χ1n) is 8.26. The minimum absolute atomic E-state index is 0.144. The Hall–Kier alpha value is -2.05. The van der Waals surface area contributed by atoms with Crippen molar-refractivity contribution < 1.29 is 13.2 Å². The van der Waals surface area contributed by atoms with Crippen molar-refractivity contribution in [2.45, 2.75) is 26.7 Å². The van der Waals surface area contributed by atoms with Crippen LogP contribution < -0.4 is 9.62 Å². The van der Waals surface area contributed by atoms with E-state index in [0.29, 0.717) is 17.1 Å². The normalized spacial score (nSPS) is 11.2. The molecule has 0 aromatic heterocycles. The highest BCUT2D eigenvalue weighted by Crippen LogP contribution is 2.22. The number of aryl methyl sites for hydroxylation is 2. The summed E-state index contributed by atoms with van der Waals surface area (Å²) in [5.74, 6) is -0.144. The Labute approximate surface area is 160 Å². The second-order valence-corrected chi connectivity index (χ2v) is 8.69. The van der Waals surface area contributed by atoms with E-state index in [9.17, 15) is 13.2 Å². The zero-order valence-corrected chi connectivity index (χ0v) is 16.7. The molecule has 0 bridgehead atoms. The van der Waals surface area contributed by atoms with Crippen LogP contribution in [0.4, 0.5) is 11.4 Å². The van der Waals surface area contributed by atoms with Crippen LogP contribution in [0.15, 0.2) is 42.5 Å². The number of anilines is 2. The number of hydrogen-bond acceptors (Lipinski definition) is 3. The molecule has 1 N–H and O–H groups in total. The maximum atomic E-state index is 12.2. The van der Waals surface area contributed by atoms with Crippen molar-refractivity contribution in [1.82, 2.24) is 0 Å². The summed E-state index contributed by atoms with van der Waals surface area (Å²) in [6.07, 6.45) is 1.76. The molecule has 140 valence electrons. The lowest BCUT2D eigenvalue weighted by atomic mass is 10.1. The minimum Gasteiger partial charge on any atom is -0.326 e. The molecule has 5 nitrogen and oxygen atoms in total. The number of amides is 1. The van der Waals surface area contributed by atoms with E-state index in [1.54, 1.807) is 24.3 Å². The highest BCUT2D eigenvalue weighted by Gasteiger charge is 2.17. The smallest absolute Gasteiger partial charge is 0.232 e. The molecule has 0 atom stereocenters. The predicted octanol–water partition coefficient (Wildman–Crippen LogP) is 4.14. The van der Waals surface area contributed by atoms with Crippen LogP contribution in [-0.2, 0) is 14.8 Å². The van der Waals surface area contributed by atoms with Crippen LogP contribution in [0.5, 0.6) is 0 Å². The summed E-state index contributed by atoms with van der Waals surface area (Å²) >= 11 is 5.95. The van der Waals surface area contributed by atoms with Crippen LogP contribution in [0.1, 0.15) is 24.0 Å². The van der Waals surface area contributed by atoms with Gasteiger partial charge in [0.15, 0.2) is 0 Å². The van der Waals surface area contributed by atoms with Crippen molar-refractivity contribution in [2.75, 3.05) is 22.4 Å². The summed E-state index contributed by atoms with van der Waals surface area (Å²) in [6, 6.07) is 12.5. The van der Waals surface area contributed by atoms with E-state index >= 15 is 0 Å². The van der Waals surface area contributed by atoms with E-state index in [0.717, 1.165) is 23.1 Å². The van der Waals surface area contributed by atoms with Crippen molar-refractivity contribution in [1.29, 1.82) is 0 Å². The SMILES string of the molecule is Cc1cc(C)cc(NC(=O)CCCN(c2cccc(Cl)c2)S(C)(=O)=O)c1. The van der Waals surface area contributed by atoms with Crippen LogP contribution >= 0.6 is 11.6 Å². The molecule has 0 saturated heterocycles. The number of hydrogen-bond donors (Lipinski definition) is 1. The first-order valence-corrected chi connectivity index (χ1v) is 10.5. The molecule has 2 rings (SSSR count). The average Bonchev–Trinajstić information content (AvgIpc) is 2.49. The van der Waals surface area contributed by atoms with E-state index in [-0.39, 0.29) is 18.9 Å². The maximum Gasteiger partial charge on any atom is 0.232 e. The van der Waals surface area contributed by atoms with Crippen molar-refractivity contribution >= 4 is 38.9 Å². The summed E-state index contributed by atoms with van der Waals surface area (Å²) in [5, 5.41) is 3.32. The summed E-state index contributed by atoms with van der Waals surface area (Å²) < 4.78 is 25.4. The molecule has 1 amide bonds. The second-order valence-electron chi connectivity index (χ2n) is 6.34. The number of rotatable bonds is 7. The lowest BCUT2D eigenvalue weighted by molar-refractivity contribution is -0.116. The molecule has 2 aromatic rings. The summed E-state index contributed by atoms with van der Waals surface area (Å²) in [6.45, 7) is 4.15. The Morgan fingerprint density at radius 2 is 1.77 bits per heavy atom. The van der Waals surface area contributed by atoms with Gasteiger partial charge in [0, 0.05) is 23.7 Å². The number of carbonyl (C=O) groups excluding carboxylic acids is 1. The van der Waals surface area contributed by atoms with E-state index in [1.807, 2.05) is 32.0 Å². The summed E-state index contributed by atoms with van der Waals surface area (Å²) in [7, 11) is -3.46. The Kier molecular flexibility index (Phi) is 6.67. The first-order chi connectivity index (χ1) is 12.1. The van der Waals surface area contributed by atoms with E-state index < -0.39 is 10.0 Å². The van der Waals surface area contributed by atoms with Gasteiger partial charge >= 0.3 is 0 Å². The van der Waals surface area contributed by atoms with Crippen molar-refractivity contribution in [3.8, 4) is 0 Å². The van der Waals surface area contributed by atoms with Crippen LogP contribution in [0.2, 0.25) is 5.02 Å². The third-order valence-corrected chi connectivity index (χ3v) is 5.20. The Morgan fingerprint density at radius 1 is 1.12 bits per heavy atom. The predicted molar refractivity (Wildman–Crippen MR) is 107 cm³/mol. The topological polar surface area (TPSA) is 66.5 Å². The molecule has 0 aliphatic carbocycles. The molecular weight excluding hydrogens is 372 g/mol. The third kappa shape index (κ3) is 6.04. The third-order valence-electron chi connectivity index (χ3n) is 3.77.